The lowest BCUT2D eigenvalue weighted by Gasteiger charge is -2.11. The lowest BCUT2D eigenvalue weighted by atomic mass is 10.1. The normalized spacial score (nSPS) is 14.9. The molecule has 21 heavy (non-hydrogen) atoms. The number of methoxy groups -OCH3 is 1. The molecule has 1 aromatic rings. The molecule has 1 saturated carbocycles. The van der Waals surface area contributed by atoms with Gasteiger partial charge in [-0.15, -0.1) is 0 Å². The van der Waals surface area contributed by atoms with E-state index in [0.717, 1.165) is 43.7 Å². The predicted octanol–water partition coefficient (Wildman–Crippen LogP) is 2.59. The van der Waals surface area contributed by atoms with Crippen molar-refractivity contribution in [2.24, 2.45) is 10.9 Å². The maximum atomic E-state index is 5.17. The standard InChI is InChI=1S/C17H27N3O/c1-3-18-17(19-12-10-14-4-5-14)20-13-11-15-6-8-16(21-2)9-7-15/h6-9,14H,3-5,10-13H2,1-2H3,(H2,18,19,20). The molecule has 0 amide bonds. The van der Waals surface area contributed by atoms with E-state index in [0.29, 0.717) is 0 Å². The molecule has 0 aliphatic heterocycles. The summed E-state index contributed by atoms with van der Waals surface area (Å²) in [5, 5.41) is 6.70. The fourth-order valence-corrected chi connectivity index (χ4v) is 2.22. The number of guanidine groups is 1. The first-order valence-corrected chi connectivity index (χ1v) is 7.97. The average molecular weight is 289 g/mol. The van der Waals surface area contributed by atoms with E-state index in [2.05, 4.69) is 34.7 Å². The Balaban J connectivity index is 1.71. The summed E-state index contributed by atoms with van der Waals surface area (Å²) in [6.45, 7) is 4.82. The van der Waals surface area contributed by atoms with Gasteiger partial charge in [0.15, 0.2) is 5.96 Å². The average Bonchev–Trinajstić information content (AvgIpc) is 3.32. The number of rotatable bonds is 8. The maximum Gasteiger partial charge on any atom is 0.191 e. The molecule has 0 bridgehead atoms. The van der Waals surface area contributed by atoms with Crippen molar-refractivity contribution >= 4 is 5.96 Å². The molecule has 2 rings (SSSR count). The lowest BCUT2D eigenvalue weighted by Crippen LogP contribution is -2.38. The molecule has 4 heteroatoms. The molecule has 0 radical (unpaired) electrons. The molecule has 0 saturated heterocycles. The van der Waals surface area contributed by atoms with E-state index in [1.165, 1.54) is 24.8 Å². The number of hydrogen-bond acceptors (Lipinski definition) is 2. The fraction of sp³-hybridized carbons (Fsp3) is 0.588. The molecule has 0 atom stereocenters. The van der Waals surface area contributed by atoms with Gasteiger partial charge in [0.1, 0.15) is 5.75 Å². The number of hydrogen-bond donors (Lipinski definition) is 2. The van der Waals surface area contributed by atoms with Gasteiger partial charge in [-0.25, -0.2) is 0 Å². The summed E-state index contributed by atoms with van der Waals surface area (Å²) in [4.78, 5) is 4.63. The molecule has 0 heterocycles. The Labute approximate surface area is 128 Å². The smallest absolute Gasteiger partial charge is 0.191 e. The van der Waals surface area contributed by atoms with Crippen molar-refractivity contribution < 1.29 is 4.74 Å². The number of ether oxygens (including phenoxy) is 1. The molecule has 4 nitrogen and oxygen atoms in total. The van der Waals surface area contributed by atoms with Crippen LogP contribution in [-0.2, 0) is 6.42 Å². The summed E-state index contributed by atoms with van der Waals surface area (Å²) in [5.74, 6) is 2.78. The van der Waals surface area contributed by atoms with Crippen molar-refractivity contribution in [1.82, 2.24) is 10.6 Å². The van der Waals surface area contributed by atoms with Crippen LogP contribution in [0.5, 0.6) is 5.75 Å². The minimum atomic E-state index is 0.890. The molecule has 1 aliphatic rings. The monoisotopic (exact) mass is 289 g/mol. The molecule has 1 fully saturated rings. The van der Waals surface area contributed by atoms with Gasteiger partial charge in [-0.05, 0) is 43.4 Å². The topological polar surface area (TPSA) is 45.7 Å². The first kappa shape index (κ1) is 15.7. The van der Waals surface area contributed by atoms with Crippen molar-refractivity contribution in [1.29, 1.82) is 0 Å². The predicted molar refractivity (Wildman–Crippen MR) is 88.0 cm³/mol. The van der Waals surface area contributed by atoms with Crippen molar-refractivity contribution in [2.75, 3.05) is 26.7 Å². The van der Waals surface area contributed by atoms with Crippen LogP contribution in [0.1, 0.15) is 31.7 Å². The van der Waals surface area contributed by atoms with Gasteiger partial charge in [0.05, 0.1) is 7.11 Å². The van der Waals surface area contributed by atoms with Crippen LogP contribution in [0.3, 0.4) is 0 Å². The van der Waals surface area contributed by atoms with Crippen LogP contribution in [0, 0.1) is 5.92 Å². The van der Waals surface area contributed by atoms with Crippen LogP contribution >= 0.6 is 0 Å². The second-order valence-corrected chi connectivity index (χ2v) is 5.52. The maximum absolute atomic E-state index is 5.17. The van der Waals surface area contributed by atoms with E-state index in [9.17, 15) is 0 Å². The third-order valence-electron chi connectivity index (χ3n) is 3.71. The van der Waals surface area contributed by atoms with Crippen molar-refractivity contribution in [3.05, 3.63) is 29.8 Å². The lowest BCUT2D eigenvalue weighted by molar-refractivity contribution is 0.414. The third kappa shape index (κ3) is 6.06. The largest absolute Gasteiger partial charge is 0.497 e. The SMILES string of the molecule is CCNC(=NCCC1CC1)NCCc1ccc(OC)cc1. The van der Waals surface area contributed by atoms with Gasteiger partial charge in [0.2, 0.25) is 0 Å². The highest BCUT2D eigenvalue weighted by Crippen LogP contribution is 2.32. The molecule has 1 aliphatic carbocycles. The molecule has 2 N–H and O–H groups in total. The zero-order chi connectivity index (χ0) is 14.9. The molecule has 1 aromatic carbocycles. The Morgan fingerprint density at radius 2 is 2.00 bits per heavy atom. The minimum absolute atomic E-state index is 0.890. The van der Waals surface area contributed by atoms with E-state index in [1.807, 2.05) is 12.1 Å². The zero-order valence-electron chi connectivity index (χ0n) is 13.2. The summed E-state index contributed by atoms with van der Waals surface area (Å²) in [6.07, 6.45) is 5.01. The summed E-state index contributed by atoms with van der Waals surface area (Å²) in [6, 6.07) is 8.23. The third-order valence-corrected chi connectivity index (χ3v) is 3.71. The summed E-state index contributed by atoms with van der Waals surface area (Å²) in [5.41, 5.74) is 1.30. The first-order chi connectivity index (χ1) is 10.3. The van der Waals surface area contributed by atoms with Gasteiger partial charge >= 0.3 is 0 Å². The van der Waals surface area contributed by atoms with E-state index < -0.39 is 0 Å². The molecular formula is C17H27N3O. The summed E-state index contributed by atoms with van der Waals surface area (Å²) >= 11 is 0. The van der Waals surface area contributed by atoms with Crippen LogP contribution < -0.4 is 15.4 Å². The van der Waals surface area contributed by atoms with Gasteiger partial charge in [0, 0.05) is 19.6 Å². The molecule has 0 unspecified atom stereocenters. The summed E-state index contributed by atoms with van der Waals surface area (Å²) < 4.78 is 5.17. The summed E-state index contributed by atoms with van der Waals surface area (Å²) in [7, 11) is 1.69. The van der Waals surface area contributed by atoms with Crippen molar-refractivity contribution in [2.45, 2.75) is 32.6 Å². The van der Waals surface area contributed by atoms with Crippen LogP contribution in [0.15, 0.2) is 29.3 Å². The van der Waals surface area contributed by atoms with Crippen LogP contribution in [-0.4, -0.2) is 32.7 Å². The van der Waals surface area contributed by atoms with Crippen molar-refractivity contribution in [3.63, 3.8) is 0 Å². The van der Waals surface area contributed by atoms with E-state index in [4.69, 9.17) is 4.74 Å². The number of benzene rings is 1. The molecule has 116 valence electrons. The van der Waals surface area contributed by atoms with Crippen LogP contribution in [0.2, 0.25) is 0 Å². The van der Waals surface area contributed by atoms with Crippen molar-refractivity contribution in [3.8, 4) is 5.75 Å². The van der Waals surface area contributed by atoms with Crippen LogP contribution in [0.25, 0.3) is 0 Å². The molecule has 0 spiro atoms. The Kier molecular flexibility index (Phi) is 6.38. The van der Waals surface area contributed by atoms with E-state index in [-0.39, 0.29) is 0 Å². The second kappa shape index (κ2) is 8.55. The fourth-order valence-electron chi connectivity index (χ4n) is 2.22. The highest BCUT2D eigenvalue weighted by atomic mass is 16.5. The van der Waals surface area contributed by atoms with Gasteiger partial charge in [-0.2, -0.15) is 0 Å². The van der Waals surface area contributed by atoms with Gasteiger partial charge in [0.25, 0.3) is 0 Å². The van der Waals surface area contributed by atoms with Gasteiger partial charge in [-0.1, -0.05) is 25.0 Å². The Morgan fingerprint density at radius 1 is 1.24 bits per heavy atom. The number of nitrogens with zero attached hydrogens (tertiary/aromatic N) is 1. The minimum Gasteiger partial charge on any atom is -0.497 e. The number of aliphatic imine (C=N–C) groups is 1. The zero-order valence-corrected chi connectivity index (χ0v) is 13.2. The Hall–Kier alpha value is -1.71. The van der Waals surface area contributed by atoms with E-state index in [1.54, 1.807) is 7.11 Å². The molecule has 0 aromatic heterocycles. The molecular weight excluding hydrogens is 262 g/mol. The van der Waals surface area contributed by atoms with Crippen LogP contribution in [0.4, 0.5) is 0 Å². The second-order valence-electron chi connectivity index (χ2n) is 5.52. The van der Waals surface area contributed by atoms with Gasteiger partial charge in [-0.3, -0.25) is 4.99 Å². The van der Waals surface area contributed by atoms with Gasteiger partial charge < -0.3 is 15.4 Å². The van der Waals surface area contributed by atoms with E-state index >= 15 is 0 Å². The highest BCUT2D eigenvalue weighted by molar-refractivity contribution is 5.79. The quantitative estimate of drug-likeness (QED) is 0.571. The first-order valence-electron chi connectivity index (χ1n) is 7.97. The Morgan fingerprint density at radius 3 is 2.62 bits per heavy atom. The highest BCUT2D eigenvalue weighted by Gasteiger charge is 2.20. The number of nitrogens with one attached hydrogen (secondary N) is 2. The Bertz CT molecular complexity index is 438.